The normalized spacial score (nSPS) is 10.9. The molecule has 0 spiro atoms. The third kappa shape index (κ3) is 5.84. The first-order chi connectivity index (χ1) is 12.8. The highest BCUT2D eigenvalue weighted by Crippen LogP contribution is 2.26. The van der Waals surface area contributed by atoms with Gasteiger partial charge in [0.25, 0.3) is 0 Å². The molecule has 142 valence electrons. The Morgan fingerprint density at radius 2 is 1.63 bits per heavy atom. The summed E-state index contributed by atoms with van der Waals surface area (Å²) in [6.07, 6.45) is 2.21. The maximum atomic E-state index is 13.4. The Bertz CT molecular complexity index is 885. The zero-order valence-electron chi connectivity index (χ0n) is 13.9. The van der Waals surface area contributed by atoms with Crippen LogP contribution in [-0.4, -0.2) is 18.4 Å². The summed E-state index contributed by atoms with van der Waals surface area (Å²) in [5.74, 6) is -3.88. The van der Waals surface area contributed by atoms with E-state index in [4.69, 9.17) is 0 Å². The van der Waals surface area contributed by atoms with Gasteiger partial charge in [0.2, 0.25) is 11.8 Å². The highest BCUT2D eigenvalue weighted by molar-refractivity contribution is 6.05. The van der Waals surface area contributed by atoms with Gasteiger partial charge < -0.3 is 15.4 Å². The molecule has 0 unspecified atom stereocenters. The molecule has 0 saturated carbocycles. The van der Waals surface area contributed by atoms with E-state index in [1.807, 2.05) is 0 Å². The fourth-order valence-electron chi connectivity index (χ4n) is 2.10. The quantitative estimate of drug-likeness (QED) is 0.582. The second-order valence-corrected chi connectivity index (χ2v) is 5.23. The van der Waals surface area contributed by atoms with Gasteiger partial charge in [-0.05, 0) is 12.1 Å². The number of para-hydroxylation sites is 1. The van der Waals surface area contributed by atoms with Gasteiger partial charge in [-0.3, -0.25) is 9.59 Å². The molecule has 0 aliphatic heterocycles. The first-order valence-electron chi connectivity index (χ1n) is 7.56. The van der Waals surface area contributed by atoms with Crippen molar-refractivity contribution >= 4 is 29.3 Å². The average Bonchev–Trinajstić information content (AvgIpc) is 2.57. The van der Waals surface area contributed by atoms with E-state index in [9.17, 15) is 27.2 Å². The van der Waals surface area contributed by atoms with E-state index in [1.165, 1.54) is 24.3 Å². The molecule has 0 bridgehead atoms. The topological polar surface area (TPSA) is 67.4 Å². The Labute approximate surface area is 151 Å². The summed E-state index contributed by atoms with van der Waals surface area (Å²) in [5.41, 5.74) is -0.0965. The molecular formula is C18H14F4N2O3. The van der Waals surface area contributed by atoms with Gasteiger partial charge in [0.1, 0.15) is 5.75 Å². The smallest absolute Gasteiger partial charge is 0.387 e. The highest BCUT2D eigenvalue weighted by atomic mass is 19.3. The maximum Gasteiger partial charge on any atom is 0.387 e. The van der Waals surface area contributed by atoms with Crippen LogP contribution in [0.25, 0.3) is 6.08 Å². The molecule has 2 amide bonds. The van der Waals surface area contributed by atoms with E-state index >= 15 is 0 Å². The molecular weight excluding hydrogens is 368 g/mol. The summed E-state index contributed by atoms with van der Waals surface area (Å²) in [4.78, 5) is 23.2. The van der Waals surface area contributed by atoms with Gasteiger partial charge >= 0.3 is 6.61 Å². The number of carbonyl (C=O) groups is 2. The average molecular weight is 382 g/mol. The van der Waals surface area contributed by atoms with Gasteiger partial charge in [0, 0.05) is 30.7 Å². The maximum absolute atomic E-state index is 13.4. The molecule has 2 rings (SSSR count). The van der Waals surface area contributed by atoms with Crippen LogP contribution in [0.15, 0.2) is 42.5 Å². The second kappa shape index (κ2) is 8.84. The molecule has 0 aromatic heterocycles. The van der Waals surface area contributed by atoms with Gasteiger partial charge in [0.15, 0.2) is 11.6 Å². The van der Waals surface area contributed by atoms with E-state index in [0.717, 1.165) is 19.1 Å². The van der Waals surface area contributed by atoms with Crippen molar-refractivity contribution in [3.05, 3.63) is 59.7 Å². The highest BCUT2D eigenvalue weighted by Gasteiger charge is 2.13. The summed E-state index contributed by atoms with van der Waals surface area (Å²) in [5, 5.41) is 4.54. The number of halogens is 4. The van der Waals surface area contributed by atoms with Crippen LogP contribution in [0.1, 0.15) is 12.5 Å². The van der Waals surface area contributed by atoms with E-state index in [-0.39, 0.29) is 22.7 Å². The lowest BCUT2D eigenvalue weighted by molar-refractivity contribution is -0.114. The lowest BCUT2D eigenvalue weighted by atomic mass is 10.2. The minimum atomic E-state index is -3.03. The first-order valence-corrected chi connectivity index (χ1v) is 7.56. The molecule has 0 heterocycles. The minimum Gasteiger partial charge on any atom is -0.434 e. The molecule has 0 aliphatic carbocycles. The third-order valence-corrected chi connectivity index (χ3v) is 3.18. The Morgan fingerprint density at radius 1 is 1.04 bits per heavy atom. The lowest BCUT2D eigenvalue weighted by Gasteiger charge is -2.11. The Morgan fingerprint density at radius 3 is 2.22 bits per heavy atom. The van der Waals surface area contributed by atoms with E-state index < -0.39 is 30.1 Å². The number of carbonyl (C=O) groups excluding carboxylic acids is 2. The summed E-state index contributed by atoms with van der Waals surface area (Å²) >= 11 is 0. The van der Waals surface area contributed by atoms with Crippen LogP contribution in [0.4, 0.5) is 28.9 Å². The number of ether oxygens (including phenoxy) is 1. The van der Waals surface area contributed by atoms with Crippen LogP contribution < -0.4 is 15.4 Å². The van der Waals surface area contributed by atoms with Crippen LogP contribution in [0.5, 0.6) is 5.75 Å². The van der Waals surface area contributed by atoms with E-state index in [0.29, 0.717) is 6.07 Å². The molecule has 0 saturated heterocycles. The molecule has 0 radical (unpaired) electrons. The van der Waals surface area contributed by atoms with E-state index in [1.54, 1.807) is 6.07 Å². The number of hydrogen-bond acceptors (Lipinski definition) is 3. The van der Waals surface area contributed by atoms with Crippen molar-refractivity contribution < 1.29 is 31.9 Å². The fraction of sp³-hybridized carbons (Fsp3) is 0.111. The third-order valence-electron chi connectivity index (χ3n) is 3.18. The van der Waals surface area contributed by atoms with Crippen molar-refractivity contribution in [3.8, 4) is 5.75 Å². The summed E-state index contributed by atoms with van der Waals surface area (Å²) < 4.78 is 55.9. The molecule has 27 heavy (non-hydrogen) atoms. The molecule has 2 N–H and O–H groups in total. The van der Waals surface area contributed by atoms with Crippen LogP contribution in [-0.2, 0) is 9.59 Å². The van der Waals surface area contributed by atoms with Crippen LogP contribution in [0.2, 0.25) is 0 Å². The van der Waals surface area contributed by atoms with Gasteiger partial charge in [0.05, 0.1) is 11.4 Å². The van der Waals surface area contributed by atoms with E-state index in [2.05, 4.69) is 15.4 Å². The lowest BCUT2D eigenvalue weighted by Crippen LogP contribution is -2.14. The number of amides is 2. The van der Waals surface area contributed by atoms with Crippen molar-refractivity contribution in [3.63, 3.8) is 0 Å². The summed E-state index contributed by atoms with van der Waals surface area (Å²) in [6.45, 7) is -1.87. The number of hydrogen-bond donors (Lipinski definition) is 2. The number of alkyl halides is 2. The molecule has 2 aromatic carbocycles. The molecule has 0 atom stereocenters. The predicted octanol–water partition coefficient (Wildman–Crippen LogP) is 4.18. The number of rotatable bonds is 6. The monoisotopic (exact) mass is 382 g/mol. The Hall–Kier alpha value is -3.36. The van der Waals surface area contributed by atoms with Gasteiger partial charge in [-0.2, -0.15) is 8.78 Å². The molecule has 2 aromatic rings. The molecule has 9 heteroatoms. The van der Waals surface area contributed by atoms with Crippen molar-refractivity contribution in [1.29, 1.82) is 0 Å². The number of benzene rings is 2. The standard InChI is InChI=1S/C18H14F4N2O3/c1-10(25)23-14-8-12(19)13(20)9-15(14)24-17(26)7-6-11-4-2-3-5-16(11)27-18(21)22/h2-9,18H,1H3,(H,23,25)(H,24,26). The SMILES string of the molecule is CC(=O)Nc1cc(F)c(F)cc1NC(=O)C=Cc1ccccc1OC(F)F. The van der Waals surface area contributed by atoms with Gasteiger partial charge in [-0.25, -0.2) is 8.78 Å². The van der Waals surface area contributed by atoms with Crippen molar-refractivity contribution in [2.45, 2.75) is 13.5 Å². The van der Waals surface area contributed by atoms with Crippen molar-refractivity contribution in [2.24, 2.45) is 0 Å². The minimum absolute atomic E-state index is 0.135. The Kier molecular flexibility index (Phi) is 6.53. The number of anilines is 2. The zero-order chi connectivity index (χ0) is 20.0. The summed E-state index contributed by atoms with van der Waals surface area (Å²) in [7, 11) is 0. The molecule has 5 nitrogen and oxygen atoms in total. The van der Waals surface area contributed by atoms with Crippen LogP contribution in [0, 0.1) is 11.6 Å². The van der Waals surface area contributed by atoms with Crippen molar-refractivity contribution in [1.82, 2.24) is 0 Å². The first kappa shape index (κ1) is 20.0. The van der Waals surface area contributed by atoms with Crippen LogP contribution >= 0.6 is 0 Å². The summed E-state index contributed by atoms with van der Waals surface area (Å²) in [6, 6.07) is 7.22. The second-order valence-electron chi connectivity index (χ2n) is 5.23. The zero-order valence-corrected chi connectivity index (χ0v) is 13.9. The largest absolute Gasteiger partial charge is 0.434 e. The van der Waals surface area contributed by atoms with Gasteiger partial charge in [-0.1, -0.05) is 18.2 Å². The van der Waals surface area contributed by atoms with Gasteiger partial charge in [-0.15, -0.1) is 0 Å². The number of nitrogens with one attached hydrogen (secondary N) is 2. The Balaban J connectivity index is 2.20. The molecule has 0 aliphatic rings. The van der Waals surface area contributed by atoms with Crippen LogP contribution in [0.3, 0.4) is 0 Å². The fourth-order valence-corrected chi connectivity index (χ4v) is 2.10. The van der Waals surface area contributed by atoms with Crippen molar-refractivity contribution in [2.75, 3.05) is 10.6 Å². The predicted molar refractivity (Wildman–Crippen MR) is 91.4 cm³/mol. The molecule has 0 fully saturated rings.